The van der Waals surface area contributed by atoms with Crippen LogP contribution < -0.4 is 11.3 Å². The average molecular weight is 343 g/mol. The highest BCUT2D eigenvalue weighted by Crippen LogP contribution is 2.44. The molecular formula is C11H16N6O5P+. The molecule has 23 heavy (non-hydrogen) atoms. The Bertz CT molecular complexity index is 811. The smallest absolute Gasteiger partial charge is 0.369 e. The highest BCUT2D eigenvalue weighted by molar-refractivity contribution is 7.59. The number of amides is 1. The number of aromatic amines is 1. The van der Waals surface area contributed by atoms with Crippen LogP contribution in [0.1, 0.15) is 12.5 Å². The summed E-state index contributed by atoms with van der Waals surface area (Å²) in [5.41, 5.74) is 5.60. The standard InChI is InChI=1S/C11H15N6O5P/c12-11-14-9-8(10(19)15-11)13-5-17(9)6-1-2-16(3-6)7(18)4-23(20,21)22/h5-6,20-22H,1-4H2,(H2-,12,14,15,19)/p+1/t6-/m0/s1. The van der Waals surface area contributed by atoms with Gasteiger partial charge in [-0.1, -0.05) is 0 Å². The molecule has 0 spiro atoms. The highest BCUT2D eigenvalue weighted by atomic mass is 31.2. The van der Waals surface area contributed by atoms with Crippen LogP contribution in [0.5, 0.6) is 0 Å². The topological polar surface area (TPSA) is 171 Å². The van der Waals surface area contributed by atoms with Gasteiger partial charge >= 0.3 is 7.94 Å². The zero-order valence-electron chi connectivity index (χ0n) is 12.0. The van der Waals surface area contributed by atoms with Crippen LogP contribution in [0.2, 0.25) is 0 Å². The highest BCUT2D eigenvalue weighted by Gasteiger charge is 2.38. The van der Waals surface area contributed by atoms with Crippen LogP contribution in [0.25, 0.3) is 11.2 Å². The van der Waals surface area contributed by atoms with Crippen LogP contribution >= 0.6 is 7.94 Å². The number of imidazole rings is 1. The molecule has 0 unspecified atom stereocenters. The molecule has 3 heterocycles. The Balaban J connectivity index is 1.82. The molecule has 1 aliphatic rings. The van der Waals surface area contributed by atoms with E-state index in [9.17, 15) is 9.59 Å². The van der Waals surface area contributed by atoms with Gasteiger partial charge in [0, 0.05) is 13.1 Å². The Kier molecular flexibility index (Phi) is 3.80. The van der Waals surface area contributed by atoms with Gasteiger partial charge in [0.1, 0.15) is 0 Å². The molecule has 3 rings (SSSR count). The van der Waals surface area contributed by atoms with Gasteiger partial charge in [-0.05, 0) is 6.42 Å². The van der Waals surface area contributed by atoms with Crippen LogP contribution in [-0.4, -0.2) is 64.3 Å². The van der Waals surface area contributed by atoms with E-state index in [4.69, 9.17) is 20.4 Å². The van der Waals surface area contributed by atoms with Crippen LogP contribution in [0.4, 0.5) is 5.95 Å². The second-order valence-corrected chi connectivity index (χ2v) is 7.11. The second kappa shape index (κ2) is 5.53. The molecule has 1 saturated heterocycles. The third-order valence-electron chi connectivity index (χ3n) is 3.71. The summed E-state index contributed by atoms with van der Waals surface area (Å²) in [5.74, 6) is -0.561. The van der Waals surface area contributed by atoms with Crippen molar-refractivity contribution in [1.82, 2.24) is 24.4 Å². The van der Waals surface area contributed by atoms with E-state index in [1.54, 1.807) is 4.57 Å². The lowest BCUT2D eigenvalue weighted by molar-refractivity contribution is -0.127. The van der Waals surface area contributed by atoms with Gasteiger partial charge in [-0.2, -0.15) is 19.7 Å². The number of fused-ring (bicyclic) bond motifs is 1. The summed E-state index contributed by atoms with van der Waals surface area (Å²) in [6, 6.07) is -0.165. The molecule has 6 N–H and O–H groups in total. The summed E-state index contributed by atoms with van der Waals surface area (Å²) in [7, 11) is -4.14. The minimum atomic E-state index is -4.14. The number of nitrogen functional groups attached to an aromatic ring is 1. The molecule has 0 radical (unpaired) electrons. The van der Waals surface area contributed by atoms with E-state index in [1.807, 2.05) is 0 Å². The van der Waals surface area contributed by atoms with Crippen molar-refractivity contribution in [1.29, 1.82) is 0 Å². The quantitative estimate of drug-likeness (QED) is 0.407. The third-order valence-corrected chi connectivity index (χ3v) is 4.40. The Morgan fingerprint density at radius 3 is 2.91 bits per heavy atom. The summed E-state index contributed by atoms with van der Waals surface area (Å²) < 4.78 is 1.67. The first kappa shape index (κ1) is 15.8. The minimum Gasteiger partial charge on any atom is -0.369 e. The number of H-pyrrole nitrogens is 1. The van der Waals surface area contributed by atoms with Crippen LogP contribution in [0.3, 0.4) is 0 Å². The molecule has 1 atom stereocenters. The number of nitrogens with one attached hydrogen (secondary N) is 1. The van der Waals surface area contributed by atoms with Gasteiger partial charge < -0.3 is 15.2 Å². The fourth-order valence-electron chi connectivity index (χ4n) is 2.69. The number of hydrogen-bond donors (Lipinski definition) is 5. The van der Waals surface area contributed by atoms with Gasteiger partial charge in [-0.15, -0.1) is 0 Å². The van der Waals surface area contributed by atoms with E-state index in [1.165, 1.54) is 11.2 Å². The molecular weight excluding hydrogens is 327 g/mol. The first-order valence-corrected chi connectivity index (χ1v) is 8.64. The van der Waals surface area contributed by atoms with Crippen LogP contribution in [0, 0.1) is 0 Å². The molecule has 11 nitrogen and oxygen atoms in total. The van der Waals surface area contributed by atoms with E-state index >= 15 is 0 Å². The zero-order valence-corrected chi connectivity index (χ0v) is 12.8. The van der Waals surface area contributed by atoms with Crippen molar-refractivity contribution in [3.8, 4) is 0 Å². The minimum absolute atomic E-state index is 0.0226. The van der Waals surface area contributed by atoms with Crippen molar-refractivity contribution >= 4 is 31.0 Å². The molecule has 1 amide bonds. The first-order chi connectivity index (χ1) is 10.7. The Morgan fingerprint density at radius 1 is 1.48 bits per heavy atom. The van der Waals surface area contributed by atoms with E-state index in [0.717, 1.165) is 0 Å². The van der Waals surface area contributed by atoms with Crippen molar-refractivity contribution in [2.75, 3.05) is 25.0 Å². The number of rotatable bonds is 3. The monoisotopic (exact) mass is 343 g/mol. The number of carbonyl (C=O) groups is 1. The summed E-state index contributed by atoms with van der Waals surface area (Å²) >= 11 is 0. The Morgan fingerprint density at radius 2 is 2.22 bits per heavy atom. The van der Waals surface area contributed by atoms with Gasteiger partial charge in [0.15, 0.2) is 11.2 Å². The molecule has 1 fully saturated rings. The maximum Gasteiger partial charge on any atom is 0.413 e. The lowest BCUT2D eigenvalue weighted by Gasteiger charge is -2.17. The summed E-state index contributed by atoms with van der Waals surface area (Å²) in [6.45, 7) is 0.681. The van der Waals surface area contributed by atoms with Crippen molar-refractivity contribution in [3.63, 3.8) is 0 Å². The molecule has 0 saturated carbocycles. The SMILES string of the molecule is Nc1nc2c(ncn2[C@H]2CCN(C(=O)C[P+](O)(O)O)C2)c(=O)[nH]1. The van der Waals surface area contributed by atoms with E-state index in [2.05, 4.69) is 15.0 Å². The van der Waals surface area contributed by atoms with Crippen molar-refractivity contribution < 1.29 is 19.5 Å². The molecule has 2 aromatic rings. The molecule has 12 heteroatoms. The number of hydrogen-bond acceptors (Lipinski definition) is 8. The molecule has 1 aliphatic heterocycles. The fraction of sp³-hybridized carbons (Fsp3) is 0.455. The summed E-state index contributed by atoms with van der Waals surface area (Å²) in [5, 5.41) is 0. The van der Waals surface area contributed by atoms with Gasteiger partial charge in [0.2, 0.25) is 12.1 Å². The molecule has 0 aliphatic carbocycles. The van der Waals surface area contributed by atoms with E-state index in [0.29, 0.717) is 25.2 Å². The number of carbonyl (C=O) groups excluding carboxylic acids is 1. The van der Waals surface area contributed by atoms with Crippen molar-refractivity contribution in [2.24, 2.45) is 0 Å². The maximum absolute atomic E-state index is 11.9. The zero-order chi connectivity index (χ0) is 16.8. The summed E-state index contributed by atoms with van der Waals surface area (Å²) in [4.78, 5) is 62.5. The lowest BCUT2D eigenvalue weighted by atomic mass is 10.2. The fourth-order valence-corrected chi connectivity index (χ4v) is 3.25. The Labute approximate surface area is 130 Å². The first-order valence-electron chi connectivity index (χ1n) is 6.81. The average Bonchev–Trinajstić information content (AvgIpc) is 3.01. The van der Waals surface area contributed by atoms with E-state index in [-0.39, 0.29) is 17.5 Å². The van der Waals surface area contributed by atoms with Crippen molar-refractivity contribution in [2.45, 2.75) is 12.5 Å². The largest absolute Gasteiger partial charge is 0.413 e. The predicted octanol–water partition coefficient (Wildman–Crippen LogP) is -1.79. The molecule has 0 bridgehead atoms. The lowest BCUT2D eigenvalue weighted by Crippen LogP contribution is -2.32. The maximum atomic E-state index is 11.9. The van der Waals surface area contributed by atoms with Crippen molar-refractivity contribution in [3.05, 3.63) is 16.7 Å². The van der Waals surface area contributed by atoms with E-state index < -0.39 is 25.6 Å². The number of nitrogens with zero attached hydrogens (tertiary/aromatic N) is 4. The molecule has 124 valence electrons. The van der Waals surface area contributed by atoms with Crippen LogP contribution in [0.15, 0.2) is 11.1 Å². The van der Waals surface area contributed by atoms with Gasteiger partial charge in [0.25, 0.3) is 11.5 Å². The number of nitrogens with two attached hydrogens (primary N) is 1. The number of anilines is 1. The van der Waals surface area contributed by atoms with Crippen LogP contribution in [-0.2, 0) is 4.79 Å². The predicted molar refractivity (Wildman–Crippen MR) is 81.2 cm³/mol. The van der Waals surface area contributed by atoms with Gasteiger partial charge in [-0.3, -0.25) is 14.6 Å². The van der Waals surface area contributed by atoms with Gasteiger partial charge in [-0.25, -0.2) is 4.98 Å². The Hall–Kier alpha value is -2.07. The van der Waals surface area contributed by atoms with Gasteiger partial charge in [0.05, 0.1) is 12.4 Å². The normalized spacial score (nSPS) is 18.7. The summed E-state index contributed by atoms with van der Waals surface area (Å²) in [6.07, 6.45) is 1.35. The third kappa shape index (κ3) is 3.17. The second-order valence-electron chi connectivity index (χ2n) is 5.41. The molecule has 2 aromatic heterocycles. The number of likely N-dealkylation sites (tertiary alicyclic amines) is 1. The number of aromatic nitrogens is 4. The molecule has 0 aromatic carbocycles.